The Balaban J connectivity index is 2.52. The standard InChI is InChI=1S/C13H17N3O2/c1-13(15-16-14)7-6-9-4-2-3-5-10(9)12(13)11(18)8-17/h2-5,11-12,17-18H,6-8H2,1H3/t11?,12-,13?/m1/s1. The largest absolute Gasteiger partial charge is 0.394 e. The first kappa shape index (κ1) is 12.9. The zero-order valence-corrected chi connectivity index (χ0v) is 10.3. The van der Waals surface area contributed by atoms with E-state index in [0.717, 1.165) is 17.5 Å². The van der Waals surface area contributed by atoms with Crippen LogP contribution in [0.2, 0.25) is 0 Å². The van der Waals surface area contributed by atoms with Crippen molar-refractivity contribution in [2.45, 2.75) is 37.3 Å². The highest BCUT2D eigenvalue weighted by molar-refractivity contribution is 5.37. The summed E-state index contributed by atoms with van der Waals surface area (Å²) in [4.78, 5) is 2.90. The van der Waals surface area contributed by atoms with E-state index in [0.29, 0.717) is 6.42 Å². The number of aliphatic hydroxyl groups excluding tert-OH is 2. The van der Waals surface area contributed by atoms with Gasteiger partial charge in [0.15, 0.2) is 0 Å². The van der Waals surface area contributed by atoms with E-state index in [4.69, 9.17) is 5.53 Å². The molecule has 18 heavy (non-hydrogen) atoms. The number of fused-ring (bicyclic) bond motifs is 1. The van der Waals surface area contributed by atoms with Crippen LogP contribution in [0.15, 0.2) is 29.4 Å². The molecule has 2 rings (SSSR count). The van der Waals surface area contributed by atoms with Crippen LogP contribution in [0.5, 0.6) is 0 Å². The van der Waals surface area contributed by atoms with Crippen LogP contribution in [0, 0.1) is 0 Å². The third kappa shape index (κ3) is 2.08. The molecule has 0 aromatic heterocycles. The minimum Gasteiger partial charge on any atom is -0.394 e. The number of azide groups is 1. The SMILES string of the molecule is CC1(N=[N+]=[N-])CCc2ccccc2[C@@H]1C(O)CO. The van der Waals surface area contributed by atoms with Crippen molar-refractivity contribution in [2.75, 3.05) is 6.61 Å². The summed E-state index contributed by atoms with van der Waals surface area (Å²) in [5, 5.41) is 23.2. The van der Waals surface area contributed by atoms with Gasteiger partial charge < -0.3 is 10.2 Å². The third-order valence-corrected chi connectivity index (χ3v) is 3.81. The maximum atomic E-state index is 10.1. The average molecular weight is 247 g/mol. The molecule has 5 heteroatoms. The van der Waals surface area contributed by atoms with Crippen LogP contribution < -0.4 is 0 Å². The van der Waals surface area contributed by atoms with Crippen molar-refractivity contribution in [2.24, 2.45) is 5.11 Å². The summed E-state index contributed by atoms with van der Waals surface area (Å²) < 4.78 is 0. The van der Waals surface area contributed by atoms with Crippen LogP contribution in [0.25, 0.3) is 10.4 Å². The lowest BCUT2D eigenvalue weighted by Gasteiger charge is -2.41. The fourth-order valence-electron chi connectivity index (χ4n) is 2.89. The molecule has 0 bridgehead atoms. The van der Waals surface area contributed by atoms with Crippen molar-refractivity contribution < 1.29 is 10.2 Å². The zero-order valence-electron chi connectivity index (χ0n) is 10.3. The van der Waals surface area contributed by atoms with Gasteiger partial charge in [0, 0.05) is 10.8 Å². The first-order chi connectivity index (χ1) is 8.62. The first-order valence-corrected chi connectivity index (χ1v) is 6.05. The van der Waals surface area contributed by atoms with Crippen molar-refractivity contribution in [3.05, 3.63) is 45.8 Å². The van der Waals surface area contributed by atoms with Crippen molar-refractivity contribution >= 4 is 0 Å². The van der Waals surface area contributed by atoms with Crippen LogP contribution >= 0.6 is 0 Å². The van der Waals surface area contributed by atoms with Crippen LogP contribution in [0.3, 0.4) is 0 Å². The minimum absolute atomic E-state index is 0.338. The topological polar surface area (TPSA) is 89.2 Å². The molecule has 1 aromatic carbocycles. The third-order valence-electron chi connectivity index (χ3n) is 3.81. The van der Waals surface area contributed by atoms with E-state index in [1.807, 2.05) is 31.2 Å². The van der Waals surface area contributed by atoms with Gasteiger partial charge in [0.2, 0.25) is 0 Å². The molecule has 1 aliphatic carbocycles. The molecule has 1 aromatic rings. The van der Waals surface area contributed by atoms with Gasteiger partial charge in [-0.15, -0.1) is 0 Å². The fourth-order valence-corrected chi connectivity index (χ4v) is 2.89. The lowest BCUT2D eigenvalue weighted by molar-refractivity contribution is 0.0449. The number of rotatable bonds is 3. The second kappa shape index (κ2) is 4.98. The Morgan fingerprint density at radius 3 is 2.94 bits per heavy atom. The molecule has 0 spiro atoms. The second-order valence-corrected chi connectivity index (χ2v) is 4.97. The van der Waals surface area contributed by atoms with Gasteiger partial charge in [0.05, 0.1) is 18.2 Å². The van der Waals surface area contributed by atoms with E-state index in [1.54, 1.807) is 0 Å². The van der Waals surface area contributed by atoms with Crippen molar-refractivity contribution in [3.63, 3.8) is 0 Å². The molecular weight excluding hydrogens is 230 g/mol. The van der Waals surface area contributed by atoms with E-state index in [-0.39, 0.29) is 12.5 Å². The molecule has 0 aliphatic heterocycles. The van der Waals surface area contributed by atoms with Crippen LogP contribution in [0.1, 0.15) is 30.4 Å². The summed E-state index contributed by atoms with van der Waals surface area (Å²) in [6.45, 7) is 1.50. The molecule has 1 aliphatic rings. The molecular formula is C13H17N3O2. The van der Waals surface area contributed by atoms with E-state index in [1.165, 1.54) is 0 Å². The Morgan fingerprint density at radius 2 is 2.28 bits per heavy atom. The van der Waals surface area contributed by atoms with E-state index >= 15 is 0 Å². The highest BCUT2D eigenvalue weighted by Crippen LogP contribution is 2.43. The number of nitrogens with zero attached hydrogens (tertiary/aromatic N) is 3. The van der Waals surface area contributed by atoms with Gasteiger partial charge in [-0.05, 0) is 29.5 Å². The monoisotopic (exact) mass is 247 g/mol. The number of aryl methyl sites for hydroxylation is 1. The lowest BCUT2D eigenvalue weighted by atomic mass is 9.68. The lowest BCUT2D eigenvalue weighted by Crippen LogP contribution is -2.43. The smallest absolute Gasteiger partial charge is 0.0845 e. The van der Waals surface area contributed by atoms with Gasteiger partial charge in [0.25, 0.3) is 0 Å². The first-order valence-electron chi connectivity index (χ1n) is 6.05. The Labute approximate surface area is 106 Å². The normalized spacial score (nSPS) is 28.1. The average Bonchev–Trinajstić information content (AvgIpc) is 2.38. The highest BCUT2D eigenvalue weighted by Gasteiger charge is 2.42. The molecule has 2 unspecified atom stereocenters. The maximum Gasteiger partial charge on any atom is 0.0845 e. The molecule has 0 radical (unpaired) electrons. The predicted octanol–water partition coefficient (Wildman–Crippen LogP) is 2.14. The van der Waals surface area contributed by atoms with Crippen LogP contribution in [-0.2, 0) is 6.42 Å². The zero-order chi connectivity index (χ0) is 13.2. The van der Waals surface area contributed by atoms with Gasteiger partial charge in [-0.25, -0.2) is 0 Å². The Kier molecular flexibility index (Phi) is 3.57. The van der Waals surface area contributed by atoms with Gasteiger partial charge in [0.1, 0.15) is 0 Å². The summed E-state index contributed by atoms with van der Waals surface area (Å²) in [5.41, 5.74) is 10.2. The molecule has 0 amide bonds. The van der Waals surface area contributed by atoms with Gasteiger partial charge >= 0.3 is 0 Å². The summed E-state index contributed by atoms with van der Waals surface area (Å²) in [6, 6.07) is 7.81. The van der Waals surface area contributed by atoms with E-state index < -0.39 is 11.6 Å². The number of benzene rings is 1. The van der Waals surface area contributed by atoms with Gasteiger partial charge in [-0.3, -0.25) is 0 Å². The number of hydrogen-bond donors (Lipinski definition) is 2. The molecule has 0 saturated heterocycles. The number of aliphatic hydroxyl groups is 2. The molecule has 5 nitrogen and oxygen atoms in total. The summed E-state index contributed by atoms with van der Waals surface area (Å²) >= 11 is 0. The summed E-state index contributed by atoms with van der Waals surface area (Å²) in [6.07, 6.45) is 0.581. The molecule has 0 fully saturated rings. The molecule has 0 saturated carbocycles. The molecule has 96 valence electrons. The summed E-state index contributed by atoms with van der Waals surface area (Å²) in [7, 11) is 0. The molecule has 0 heterocycles. The Bertz CT molecular complexity index is 485. The Hall–Kier alpha value is -1.55. The van der Waals surface area contributed by atoms with Gasteiger partial charge in [-0.1, -0.05) is 36.3 Å². The number of hydrogen-bond acceptors (Lipinski definition) is 3. The second-order valence-electron chi connectivity index (χ2n) is 4.97. The van der Waals surface area contributed by atoms with E-state index in [9.17, 15) is 10.2 Å². The quantitative estimate of drug-likeness (QED) is 0.487. The van der Waals surface area contributed by atoms with Crippen molar-refractivity contribution in [3.8, 4) is 0 Å². The fraction of sp³-hybridized carbons (Fsp3) is 0.538. The van der Waals surface area contributed by atoms with Crippen LogP contribution in [0.4, 0.5) is 0 Å². The molecule has 3 atom stereocenters. The molecule has 2 N–H and O–H groups in total. The van der Waals surface area contributed by atoms with Crippen molar-refractivity contribution in [1.82, 2.24) is 0 Å². The Morgan fingerprint density at radius 1 is 1.56 bits per heavy atom. The predicted molar refractivity (Wildman–Crippen MR) is 68.1 cm³/mol. The summed E-state index contributed by atoms with van der Waals surface area (Å²) in [5.74, 6) is -0.358. The van der Waals surface area contributed by atoms with E-state index in [2.05, 4.69) is 10.0 Å². The minimum atomic E-state index is -0.915. The van der Waals surface area contributed by atoms with Gasteiger partial charge in [-0.2, -0.15) is 0 Å². The maximum absolute atomic E-state index is 10.1. The van der Waals surface area contributed by atoms with Crippen LogP contribution in [-0.4, -0.2) is 28.5 Å². The van der Waals surface area contributed by atoms with Crippen molar-refractivity contribution in [1.29, 1.82) is 0 Å². The highest BCUT2D eigenvalue weighted by atomic mass is 16.3.